The Bertz CT molecular complexity index is 991. The molecular weight excluding hydrogens is 334 g/mol. The number of non-ortho nitro benzene ring substituents is 1. The summed E-state index contributed by atoms with van der Waals surface area (Å²) >= 11 is 0. The Hall–Kier alpha value is -3.42. The zero-order valence-electron chi connectivity index (χ0n) is 14.0. The fourth-order valence-corrected chi connectivity index (χ4v) is 3.27. The molecule has 1 N–H and O–H groups in total. The van der Waals surface area contributed by atoms with Crippen LogP contribution in [-0.2, 0) is 0 Å². The van der Waals surface area contributed by atoms with Gasteiger partial charge in [0.15, 0.2) is 0 Å². The third-order valence-electron chi connectivity index (χ3n) is 4.56. The number of nitro groups is 1. The lowest BCUT2D eigenvalue weighted by Gasteiger charge is -2.21. The maximum Gasteiger partial charge on any atom is 0.272 e. The number of nitrogens with one attached hydrogen (secondary N) is 1. The van der Waals surface area contributed by atoms with Gasteiger partial charge in [0.1, 0.15) is 6.33 Å². The average Bonchev–Trinajstić information content (AvgIpc) is 3.31. The van der Waals surface area contributed by atoms with Crippen LogP contribution in [0.15, 0.2) is 48.8 Å². The average molecular weight is 351 g/mol. The molecule has 26 heavy (non-hydrogen) atoms. The van der Waals surface area contributed by atoms with E-state index < -0.39 is 10.8 Å². The Morgan fingerprint density at radius 1 is 1.15 bits per heavy atom. The third kappa shape index (κ3) is 2.85. The monoisotopic (exact) mass is 351 g/mol. The number of rotatable bonds is 4. The molecule has 4 rings (SSSR count). The maximum absolute atomic E-state index is 12.9. The predicted octanol–water partition coefficient (Wildman–Crippen LogP) is 2.93. The van der Waals surface area contributed by atoms with Crippen LogP contribution in [-0.4, -0.2) is 33.6 Å². The van der Waals surface area contributed by atoms with E-state index in [0.29, 0.717) is 5.56 Å². The summed E-state index contributed by atoms with van der Waals surface area (Å²) in [5.74, 6) is -0.404. The number of nitro benzene ring substituents is 1. The molecule has 0 aliphatic carbocycles. The maximum atomic E-state index is 12.9. The highest BCUT2D eigenvalue weighted by Gasteiger charge is 2.23. The Labute approximate surface area is 149 Å². The van der Waals surface area contributed by atoms with Gasteiger partial charge in [0.25, 0.3) is 11.6 Å². The molecule has 1 aliphatic rings. The molecule has 0 atom stereocenters. The number of imidazole rings is 1. The van der Waals surface area contributed by atoms with Gasteiger partial charge in [-0.05, 0) is 31.0 Å². The molecule has 1 aliphatic heterocycles. The number of para-hydroxylation sites is 2. The second-order valence-electron chi connectivity index (χ2n) is 6.20. The van der Waals surface area contributed by atoms with E-state index in [1.54, 1.807) is 6.07 Å². The van der Waals surface area contributed by atoms with Crippen LogP contribution >= 0.6 is 0 Å². The Morgan fingerprint density at radius 3 is 2.69 bits per heavy atom. The van der Waals surface area contributed by atoms with Gasteiger partial charge in [-0.25, -0.2) is 9.66 Å². The van der Waals surface area contributed by atoms with E-state index in [1.807, 2.05) is 24.3 Å². The highest BCUT2D eigenvalue weighted by atomic mass is 16.6. The van der Waals surface area contributed by atoms with Gasteiger partial charge in [0, 0.05) is 25.2 Å². The summed E-state index contributed by atoms with van der Waals surface area (Å²) in [5, 5.41) is 11.1. The molecule has 0 radical (unpaired) electrons. The lowest BCUT2D eigenvalue weighted by molar-refractivity contribution is -0.384. The summed E-state index contributed by atoms with van der Waals surface area (Å²) in [5.41, 5.74) is 5.20. The third-order valence-corrected chi connectivity index (χ3v) is 4.56. The molecule has 3 aromatic rings. The molecule has 2 aromatic carbocycles. The number of nitrogens with zero attached hydrogens (tertiary/aromatic N) is 4. The van der Waals surface area contributed by atoms with Crippen LogP contribution in [0.5, 0.6) is 0 Å². The van der Waals surface area contributed by atoms with Crippen LogP contribution in [0.2, 0.25) is 0 Å². The highest BCUT2D eigenvalue weighted by molar-refractivity contribution is 6.05. The molecule has 2 heterocycles. The quantitative estimate of drug-likeness (QED) is 0.576. The Kier molecular flexibility index (Phi) is 4.00. The number of hydrogen-bond acceptors (Lipinski definition) is 5. The zero-order chi connectivity index (χ0) is 18.1. The zero-order valence-corrected chi connectivity index (χ0v) is 14.0. The van der Waals surface area contributed by atoms with Crippen LogP contribution in [0.25, 0.3) is 11.0 Å². The minimum Gasteiger partial charge on any atom is -0.371 e. The molecule has 0 spiro atoms. The number of carbonyl (C=O) groups is 1. The van der Waals surface area contributed by atoms with Gasteiger partial charge in [-0.2, -0.15) is 0 Å². The van der Waals surface area contributed by atoms with E-state index in [9.17, 15) is 14.9 Å². The van der Waals surface area contributed by atoms with E-state index in [2.05, 4.69) is 15.3 Å². The van der Waals surface area contributed by atoms with Crippen molar-refractivity contribution in [2.45, 2.75) is 12.8 Å². The van der Waals surface area contributed by atoms with Gasteiger partial charge in [-0.3, -0.25) is 20.3 Å². The van der Waals surface area contributed by atoms with Crippen molar-refractivity contribution in [3.63, 3.8) is 0 Å². The topological polar surface area (TPSA) is 93.3 Å². The predicted molar refractivity (Wildman–Crippen MR) is 98.0 cm³/mol. The number of anilines is 1. The lowest BCUT2D eigenvalue weighted by Crippen LogP contribution is -2.26. The number of fused-ring (bicyclic) bond motifs is 1. The first-order valence-corrected chi connectivity index (χ1v) is 8.40. The smallest absolute Gasteiger partial charge is 0.272 e. The first kappa shape index (κ1) is 16.1. The highest BCUT2D eigenvalue weighted by Crippen LogP contribution is 2.28. The van der Waals surface area contributed by atoms with E-state index in [-0.39, 0.29) is 5.69 Å². The standard InChI is InChI=1S/C18H17N5O3/c24-18(20-22-12-19-15-5-1-2-6-17(15)22)14-11-13(23(25)26)7-8-16(14)21-9-3-4-10-21/h1-2,5-8,11-12H,3-4,9-10H2,(H,20,24). The molecular formula is C18H17N5O3. The van der Waals surface area contributed by atoms with Gasteiger partial charge >= 0.3 is 0 Å². The molecule has 1 amide bonds. The van der Waals surface area contributed by atoms with Crippen LogP contribution in [0, 0.1) is 10.1 Å². The fraction of sp³-hybridized carbons (Fsp3) is 0.222. The largest absolute Gasteiger partial charge is 0.371 e. The molecule has 132 valence electrons. The second kappa shape index (κ2) is 6.47. The SMILES string of the molecule is O=C(Nn1cnc2ccccc21)c1cc([N+](=O)[O-])ccc1N1CCCC1. The summed E-state index contributed by atoms with van der Waals surface area (Å²) in [7, 11) is 0. The number of benzene rings is 2. The van der Waals surface area contributed by atoms with E-state index in [4.69, 9.17) is 0 Å². The molecule has 8 nitrogen and oxygen atoms in total. The molecule has 0 saturated carbocycles. The van der Waals surface area contributed by atoms with Gasteiger partial charge in [0.05, 0.1) is 27.2 Å². The van der Waals surface area contributed by atoms with Crippen molar-refractivity contribution in [2.24, 2.45) is 0 Å². The lowest BCUT2D eigenvalue weighted by atomic mass is 10.1. The van der Waals surface area contributed by atoms with Crippen molar-refractivity contribution in [2.75, 3.05) is 23.4 Å². The fourth-order valence-electron chi connectivity index (χ4n) is 3.27. The van der Waals surface area contributed by atoms with Gasteiger partial charge in [-0.15, -0.1) is 0 Å². The van der Waals surface area contributed by atoms with Gasteiger partial charge in [-0.1, -0.05) is 12.1 Å². The van der Waals surface area contributed by atoms with E-state index in [0.717, 1.165) is 42.7 Å². The van der Waals surface area contributed by atoms with Crippen molar-refractivity contribution in [1.29, 1.82) is 0 Å². The number of carbonyl (C=O) groups excluding carboxylic acids is 1. The minimum absolute atomic E-state index is 0.103. The summed E-state index contributed by atoms with van der Waals surface area (Å²) < 4.78 is 1.53. The Balaban J connectivity index is 1.71. The summed E-state index contributed by atoms with van der Waals surface area (Å²) in [6.07, 6.45) is 3.61. The first-order valence-electron chi connectivity index (χ1n) is 8.40. The van der Waals surface area contributed by atoms with Crippen LogP contribution in [0.4, 0.5) is 11.4 Å². The number of amides is 1. The molecule has 8 heteroatoms. The Morgan fingerprint density at radius 2 is 1.92 bits per heavy atom. The summed E-state index contributed by atoms with van der Waals surface area (Å²) in [4.78, 5) is 29.9. The number of hydrogen-bond donors (Lipinski definition) is 1. The molecule has 0 bridgehead atoms. The molecule has 1 saturated heterocycles. The van der Waals surface area contributed by atoms with Crippen LogP contribution in [0.3, 0.4) is 0 Å². The van der Waals surface area contributed by atoms with Gasteiger partial charge < -0.3 is 4.90 Å². The van der Waals surface area contributed by atoms with Crippen molar-refractivity contribution in [1.82, 2.24) is 9.66 Å². The van der Waals surface area contributed by atoms with Crippen molar-refractivity contribution >= 4 is 28.3 Å². The van der Waals surface area contributed by atoms with Crippen molar-refractivity contribution < 1.29 is 9.72 Å². The van der Waals surface area contributed by atoms with Crippen LogP contribution < -0.4 is 10.3 Å². The summed E-state index contributed by atoms with van der Waals surface area (Å²) in [6, 6.07) is 11.9. The van der Waals surface area contributed by atoms with E-state index >= 15 is 0 Å². The van der Waals surface area contributed by atoms with E-state index in [1.165, 1.54) is 23.1 Å². The van der Waals surface area contributed by atoms with Crippen molar-refractivity contribution in [3.05, 3.63) is 64.5 Å². The van der Waals surface area contributed by atoms with Gasteiger partial charge in [0.2, 0.25) is 0 Å². The summed E-state index contributed by atoms with van der Waals surface area (Å²) in [6.45, 7) is 1.68. The second-order valence-corrected chi connectivity index (χ2v) is 6.20. The molecule has 0 unspecified atom stereocenters. The normalized spacial score (nSPS) is 13.9. The van der Waals surface area contributed by atoms with Crippen molar-refractivity contribution in [3.8, 4) is 0 Å². The first-order chi connectivity index (χ1) is 12.6. The minimum atomic E-state index is -0.489. The molecule has 1 aromatic heterocycles. The van der Waals surface area contributed by atoms with Crippen LogP contribution in [0.1, 0.15) is 23.2 Å². The number of aromatic nitrogens is 2. The molecule has 1 fully saturated rings.